The van der Waals surface area contributed by atoms with E-state index in [4.69, 9.17) is 4.89 Å². The van der Waals surface area contributed by atoms with Crippen molar-refractivity contribution in [1.82, 2.24) is 0 Å². The van der Waals surface area contributed by atoms with Crippen molar-refractivity contribution in [1.29, 1.82) is 0 Å². The lowest BCUT2D eigenvalue weighted by Gasteiger charge is -2.15. The molecule has 48 valence electrons. The summed E-state index contributed by atoms with van der Waals surface area (Å²) in [6, 6.07) is 0. The average molecular weight is 116 g/mol. The molecule has 0 spiro atoms. The molecule has 2 nitrogen and oxygen atoms in total. The molecule has 0 amide bonds. The summed E-state index contributed by atoms with van der Waals surface area (Å²) in [5.74, 6) is 0. The molecule has 0 aliphatic heterocycles. The van der Waals surface area contributed by atoms with E-state index in [1.54, 1.807) is 0 Å². The van der Waals surface area contributed by atoms with Gasteiger partial charge < -0.3 is 4.89 Å². The molecule has 0 rings (SSSR count). The second-order valence-corrected chi connectivity index (χ2v) is 2.46. The Morgan fingerprint density at radius 3 is 2.00 bits per heavy atom. The Morgan fingerprint density at radius 2 is 1.88 bits per heavy atom. The minimum absolute atomic E-state index is 0.242. The van der Waals surface area contributed by atoms with E-state index in [-0.39, 0.29) is 5.60 Å². The van der Waals surface area contributed by atoms with Gasteiger partial charge in [-0.1, -0.05) is 6.58 Å². The monoisotopic (exact) mass is 116 g/mol. The lowest BCUT2D eigenvalue weighted by atomic mass is 10.2. The van der Waals surface area contributed by atoms with Crippen molar-refractivity contribution >= 4 is 0 Å². The number of rotatable bonds is 2. The largest absolute Gasteiger partial charge is 0.346 e. The maximum Gasteiger partial charge on any atom is 0.122 e. The van der Waals surface area contributed by atoms with Gasteiger partial charge in [-0.05, 0) is 20.8 Å². The molecule has 0 N–H and O–H groups in total. The fraction of sp³-hybridized carbons (Fsp3) is 0.667. The van der Waals surface area contributed by atoms with Crippen LogP contribution in [0.25, 0.3) is 0 Å². The van der Waals surface area contributed by atoms with Gasteiger partial charge in [-0.3, -0.25) is 0 Å². The van der Waals surface area contributed by atoms with E-state index in [1.165, 1.54) is 6.26 Å². The molecule has 0 unspecified atom stereocenters. The van der Waals surface area contributed by atoms with Gasteiger partial charge in [0.1, 0.15) is 11.9 Å². The van der Waals surface area contributed by atoms with Gasteiger partial charge in [0.25, 0.3) is 0 Å². The van der Waals surface area contributed by atoms with Crippen LogP contribution < -0.4 is 0 Å². The quantitative estimate of drug-likeness (QED) is 0.311. The first kappa shape index (κ1) is 7.50. The maximum absolute atomic E-state index is 4.76. The molecule has 0 bridgehead atoms. The van der Waals surface area contributed by atoms with Crippen molar-refractivity contribution in [3.8, 4) is 0 Å². The first-order valence-electron chi connectivity index (χ1n) is 2.51. The SMILES string of the molecule is C=COOC(C)(C)C. The molecule has 0 fully saturated rings. The van der Waals surface area contributed by atoms with Crippen molar-refractivity contribution in [3.05, 3.63) is 12.8 Å². The summed E-state index contributed by atoms with van der Waals surface area (Å²) >= 11 is 0. The minimum atomic E-state index is -0.242. The molecule has 0 heterocycles. The molecule has 0 atom stereocenters. The Balaban J connectivity index is 3.24. The van der Waals surface area contributed by atoms with E-state index < -0.39 is 0 Å². The van der Waals surface area contributed by atoms with Crippen molar-refractivity contribution in [2.75, 3.05) is 0 Å². The molecule has 0 aromatic heterocycles. The third-order valence-electron chi connectivity index (χ3n) is 0.366. The summed E-state index contributed by atoms with van der Waals surface area (Å²) in [6.07, 6.45) is 1.26. The van der Waals surface area contributed by atoms with Crippen LogP contribution in [0.4, 0.5) is 0 Å². The lowest BCUT2D eigenvalue weighted by molar-refractivity contribution is -0.310. The van der Waals surface area contributed by atoms with E-state index in [2.05, 4.69) is 11.5 Å². The van der Waals surface area contributed by atoms with Crippen LogP contribution in [-0.2, 0) is 9.78 Å². The molecule has 0 saturated carbocycles. The van der Waals surface area contributed by atoms with Gasteiger partial charge in [-0.25, -0.2) is 0 Å². The summed E-state index contributed by atoms with van der Waals surface area (Å²) in [5.41, 5.74) is -0.242. The second-order valence-electron chi connectivity index (χ2n) is 2.46. The predicted octanol–water partition coefficient (Wildman–Crippen LogP) is 1.88. The molecule has 8 heavy (non-hydrogen) atoms. The smallest absolute Gasteiger partial charge is 0.122 e. The highest BCUT2D eigenvalue weighted by molar-refractivity contribution is 4.55. The molecule has 0 aromatic rings. The average Bonchev–Trinajstić information content (AvgIpc) is 1.59. The molecule has 0 aliphatic rings. The summed E-state index contributed by atoms with van der Waals surface area (Å²) in [4.78, 5) is 9.22. The third-order valence-corrected chi connectivity index (χ3v) is 0.366. The molecule has 0 radical (unpaired) electrons. The van der Waals surface area contributed by atoms with Crippen LogP contribution in [0.5, 0.6) is 0 Å². The molecule has 2 heteroatoms. The Labute approximate surface area is 50.0 Å². The highest BCUT2D eigenvalue weighted by atomic mass is 17.2. The van der Waals surface area contributed by atoms with Crippen LogP contribution in [0.3, 0.4) is 0 Å². The zero-order chi connectivity index (χ0) is 6.62. The normalized spacial score (nSPS) is 10.9. The standard InChI is InChI=1S/C6H12O2/c1-5-7-8-6(2,3)4/h5H,1H2,2-4H3. The van der Waals surface area contributed by atoms with Crippen LogP contribution >= 0.6 is 0 Å². The van der Waals surface area contributed by atoms with Crippen LogP contribution in [0.15, 0.2) is 12.8 Å². The Morgan fingerprint density at radius 1 is 1.38 bits per heavy atom. The van der Waals surface area contributed by atoms with Gasteiger partial charge in [-0.2, -0.15) is 4.89 Å². The number of hydrogen-bond donors (Lipinski definition) is 0. The second kappa shape index (κ2) is 2.72. The molecular weight excluding hydrogens is 104 g/mol. The minimum Gasteiger partial charge on any atom is -0.346 e. The maximum atomic E-state index is 4.76. The topological polar surface area (TPSA) is 18.5 Å². The lowest BCUT2D eigenvalue weighted by Crippen LogP contribution is -2.17. The fourth-order valence-corrected chi connectivity index (χ4v) is 0.178. The molecule has 0 aliphatic carbocycles. The van der Waals surface area contributed by atoms with E-state index in [9.17, 15) is 0 Å². The van der Waals surface area contributed by atoms with Crippen LogP contribution in [-0.4, -0.2) is 5.60 Å². The summed E-state index contributed by atoms with van der Waals surface area (Å²) in [6.45, 7) is 9.01. The molecule has 0 aromatic carbocycles. The van der Waals surface area contributed by atoms with Gasteiger partial charge >= 0.3 is 0 Å². The van der Waals surface area contributed by atoms with Crippen LogP contribution in [0.1, 0.15) is 20.8 Å². The highest BCUT2D eigenvalue weighted by Gasteiger charge is 2.10. The summed E-state index contributed by atoms with van der Waals surface area (Å²) in [7, 11) is 0. The van der Waals surface area contributed by atoms with Crippen molar-refractivity contribution < 1.29 is 9.78 Å². The predicted molar refractivity (Wildman–Crippen MR) is 32.1 cm³/mol. The zero-order valence-electron chi connectivity index (χ0n) is 5.60. The van der Waals surface area contributed by atoms with Crippen LogP contribution in [0, 0.1) is 0 Å². The van der Waals surface area contributed by atoms with E-state index in [0.717, 1.165) is 0 Å². The van der Waals surface area contributed by atoms with Crippen molar-refractivity contribution in [2.24, 2.45) is 0 Å². The van der Waals surface area contributed by atoms with Crippen molar-refractivity contribution in [2.45, 2.75) is 26.4 Å². The van der Waals surface area contributed by atoms with Gasteiger partial charge in [0, 0.05) is 0 Å². The van der Waals surface area contributed by atoms with Crippen molar-refractivity contribution in [3.63, 3.8) is 0 Å². The third kappa shape index (κ3) is 5.50. The highest BCUT2D eigenvalue weighted by Crippen LogP contribution is 2.06. The summed E-state index contributed by atoms with van der Waals surface area (Å²) < 4.78 is 0. The zero-order valence-corrected chi connectivity index (χ0v) is 5.60. The van der Waals surface area contributed by atoms with Gasteiger partial charge in [0.15, 0.2) is 0 Å². The molecule has 0 saturated heterocycles. The Kier molecular flexibility index (Phi) is 2.55. The Hall–Kier alpha value is -0.500. The van der Waals surface area contributed by atoms with E-state index in [1.807, 2.05) is 20.8 Å². The Bertz CT molecular complexity index is 71.1. The van der Waals surface area contributed by atoms with Crippen LogP contribution in [0.2, 0.25) is 0 Å². The van der Waals surface area contributed by atoms with E-state index >= 15 is 0 Å². The molecular formula is C6H12O2. The van der Waals surface area contributed by atoms with E-state index in [0.29, 0.717) is 0 Å². The first-order chi connectivity index (χ1) is 3.56. The van der Waals surface area contributed by atoms with Gasteiger partial charge in [-0.15, -0.1) is 0 Å². The summed E-state index contributed by atoms with van der Waals surface area (Å²) in [5, 5.41) is 0. The fourth-order valence-electron chi connectivity index (χ4n) is 0.178. The van der Waals surface area contributed by atoms with Gasteiger partial charge in [0.2, 0.25) is 0 Å². The number of hydrogen-bond acceptors (Lipinski definition) is 2. The van der Waals surface area contributed by atoms with Gasteiger partial charge in [0.05, 0.1) is 0 Å². The first-order valence-corrected chi connectivity index (χ1v) is 2.51.